The second-order valence-corrected chi connectivity index (χ2v) is 9.16. The molecule has 2 aliphatic rings. The summed E-state index contributed by atoms with van der Waals surface area (Å²) in [6, 6.07) is 4.11. The molecular formula is C18H32IN5O3S. The van der Waals surface area contributed by atoms with E-state index in [1.54, 1.807) is 17.6 Å². The molecule has 2 saturated heterocycles. The first-order valence-corrected chi connectivity index (χ1v) is 11.4. The molecule has 0 amide bonds. The highest BCUT2D eigenvalue weighted by Gasteiger charge is 2.28. The monoisotopic (exact) mass is 525 g/mol. The van der Waals surface area contributed by atoms with Gasteiger partial charge in [-0.25, -0.2) is 12.7 Å². The van der Waals surface area contributed by atoms with Crippen molar-refractivity contribution in [2.24, 2.45) is 4.99 Å². The number of halogens is 1. The molecule has 1 unspecified atom stereocenters. The molecule has 3 rings (SSSR count). The Balaban J connectivity index is 0.00000280. The Morgan fingerprint density at radius 2 is 2.00 bits per heavy atom. The summed E-state index contributed by atoms with van der Waals surface area (Å²) in [4.78, 5) is 6.72. The number of aliphatic imine (C=N–C) groups is 1. The first-order chi connectivity index (χ1) is 13.1. The van der Waals surface area contributed by atoms with E-state index >= 15 is 0 Å². The zero-order valence-corrected chi connectivity index (χ0v) is 19.6. The molecule has 1 aromatic rings. The highest BCUT2D eigenvalue weighted by molar-refractivity contribution is 14.0. The second-order valence-electron chi connectivity index (χ2n) is 7.08. The third-order valence-electron chi connectivity index (χ3n) is 5.25. The number of sulfonamides is 1. The smallest absolute Gasteiger partial charge is 0.214 e. The molecule has 0 aromatic carbocycles. The molecule has 28 heavy (non-hydrogen) atoms. The standard InChI is InChI=1S/C18H31N5O3S.HI/c1-19-18(20-8-12-23-11-6-14-27(23,24)25)21-15-16(17-7-5-13-26-17)22-9-3-2-4-10-22;/h5,7,13,16H,2-4,6,8-12,14-15H2,1H3,(H2,19,20,21);1H. The molecule has 3 heterocycles. The van der Waals surface area contributed by atoms with Gasteiger partial charge in [0.25, 0.3) is 0 Å². The van der Waals surface area contributed by atoms with Gasteiger partial charge in [0.2, 0.25) is 10.0 Å². The number of nitrogens with zero attached hydrogens (tertiary/aromatic N) is 3. The van der Waals surface area contributed by atoms with Crippen LogP contribution in [0.3, 0.4) is 0 Å². The van der Waals surface area contributed by atoms with Crippen LogP contribution >= 0.6 is 24.0 Å². The van der Waals surface area contributed by atoms with Gasteiger partial charge in [0.15, 0.2) is 5.96 Å². The largest absolute Gasteiger partial charge is 0.468 e. The van der Waals surface area contributed by atoms with Crippen molar-refractivity contribution in [2.75, 3.05) is 52.1 Å². The molecule has 8 nitrogen and oxygen atoms in total. The van der Waals surface area contributed by atoms with Crippen LogP contribution in [-0.4, -0.2) is 75.7 Å². The molecule has 2 fully saturated rings. The van der Waals surface area contributed by atoms with Gasteiger partial charge in [-0.3, -0.25) is 9.89 Å². The molecule has 0 saturated carbocycles. The lowest BCUT2D eigenvalue weighted by Gasteiger charge is -2.33. The molecule has 0 radical (unpaired) electrons. The normalized spacial score (nSPS) is 21.8. The van der Waals surface area contributed by atoms with Crippen LogP contribution in [0, 0.1) is 0 Å². The Hall–Kier alpha value is -0.850. The van der Waals surface area contributed by atoms with Crippen LogP contribution in [0.5, 0.6) is 0 Å². The van der Waals surface area contributed by atoms with E-state index in [-0.39, 0.29) is 35.8 Å². The zero-order chi connectivity index (χ0) is 19.1. The van der Waals surface area contributed by atoms with Crippen LogP contribution in [-0.2, 0) is 10.0 Å². The third-order valence-corrected chi connectivity index (χ3v) is 7.20. The maximum absolute atomic E-state index is 11.9. The van der Waals surface area contributed by atoms with Crippen molar-refractivity contribution in [3.63, 3.8) is 0 Å². The van der Waals surface area contributed by atoms with Gasteiger partial charge in [0.1, 0.15) is 5.76 Å². The zero-order valence-electron chi connectivity index (χ0n) is 16.5. The van der Waals surface area contributed by atoms with Gasteiger partial charge in [0, 0.05) is 33.2 Å². The van der Waals surface area contributed by atoms with Crippen LogP contribution in [0.1, 0.15) is 37.5 Å². The predicted molar refractivity (Wildman–Crippen MR) is 122 cm³/mol. The average molecular weight is 525 g/mol. The van der Waals surface area contributed by atoms with Gasteiger partial charge in [-0.2, -0.15) is 0 Å². The summed E-state index contributed by atoms with van der Waals surface area (Å²) in [5.74, 6) is 1.91. The Labute approximate surface area is 185 Å². The lowest BCUT2D eigenvalue weighted by atomic mass is 10.1. The van der Waals surface area contributed by atoms with E-state index in [0.717, 1.165) is 25.3 Å². The van der Waals surface area contributed by atoms with Crippen LogP contribution in [0.25, 0.3) is 0 Å². The lowest BCUT2D eigenvalue weighted by Crippen LogP contribution is -2.46. The Bertz CT molecular complexity index is 705. The fourth-order valence-electron chi connectivity index (χ4n) is 3.78. The molecule has 160 valence electrons. The molecule has 1 aromatic heterocycles. The molecule has 2 N–H and O–H groups in total. The topological polar surface area (TPSA) is 90.2 Å². The lowest BCUT2D eigenvalue weighted by molar-refractivity contribution is 0.146. The van der Waals surface area contributed by atoms with Gasteiger partial charge in [0.05, 0.1) is 18.1 Å². The molecule has 2 aliphatic heterocycles. The summed E-state index contributed by atoms with van der Waals surface area (Å²) in [7, 11) is -1.32. The number of nitrogens with one attached hydrogen (secondary N) is 2. The van der Waals surface area contributed by atoms with Gasteiger partial charge >= 0.3 is 0 Å². The molecule has 0 spiro atoms. The Morgan fingerprint density at radius 1 is 1.21 bits per heavy atom. The van der Waals surface area contributed by atoms with Gasteiger partial charge in [-0.05, 0) is 44.5 Å². The van der Waals surface area contributed by atoms with E-state index < -0.39 is 10.0 Å². The highest BCUT2D eigenvalue weighted by atomic mass is 127. The SMILES string of the molecule is CN=C(NCCN1CCCS1(=O)=O)NCC(c1ccco1)N1CCCCC1.I. The van der Waals surface area contributed by atoms with Crippen LogP contribution in [0.2, 0.25) is 0 Å². The number of likely N-dealkylation sites (tertiary alicyclic amines) is 1. The maximum Gasteiger partial charge on any atom is 0.214 e. The molecule has 0 aliphatic carbocycles. The van der Waals surface area contributed by atoms with Gasteiger partial charge in [-0.15, -0.1) is 24.0 Å². The maximum atomic E-state index is 11.9. The summed E-state index contributed by atoms with van der Waals surface area (Å²) in [5.41, 5.74) is 0. The fourth-order valence-corrected chi connectivity index (χ4v) is 5.30. The van der Waals surface area contributed by atoms with Gasteiger partial charge < -0.3 is 15.1 Å². The van der Waals surface area contributed by atoms with Crippen molar-refractivity contribution in [2.45, 2.75) is 31.7 Å². The van der Waals surface area contributed by atoms with Crippen LogP contribution in [0.4, 0.5) is 0 Å². The molecule has 1 atom stereocenters. The number of rotatable bonds is 7. The number of furan rings is 1. The minimum Gasteiger partial charge on any atom is -0.468 e. The second kappa shape index (κ2) is 11.4. The summed E-state index contributed by atoms with van der Waals surface area (Å²) >= 11 is 0. The van der Waals surface area contributed by atoms with Crippen molar-refractivity contribution in [1.82, 2.24) is 19.8 Å². The van der Waals surface area contributed by atoms with Crippen molar-refractivity contribution < 1.29 is 12.8 Å². The van der Waals surface area contributed by atoms with Gasteiger partial charge in [-0.1, -0.05) is 6.42 Å². The van der Waals surface area contributed by atoms with Crippen molar-refractivity contribution in [1.29, 1.82) is 0 Å². The van der Waals surface area contributed by atoms with Crippen LogP contribution < -0.4 is 10.6 Å². The van der Waals surface area contributed by atoms with E-state index in [1.165, 1.54) is 19.3 Å². The minimum atomic E-state index is -3.05. The van der Waals surface area contributed by atoms with Crippen molar-refractivity contribution >= 4 is 40.0 Å². The summed E-state index contributed by atoms with van der Waals surface area (Å²) < 4.78 is 30.9. The average Bonchev–Trinajstić information content (AvgIpc) is 3.31. The number of hydrogen-bond donors (Lipinski definition) is 2. The molecular weight excluding hydrogens is 493 g/mol. The van der Waals surface area contributed by atoms with Crippen molar-refractivity contribution in [3.05, 3.63) is 24.2 Å². The Kier molecular flexibility index (Phi) is 9.51. The first kappa shape index (κ1) is 23.4. The molecule has 10 heteroatoms. The summed E-state index contributed by atoms with van der Waals surface area (Å²) in [5, 5.41) is 6.59. The van der Waals surface area contributed by atoms with Crippen LogP contribution in [0.15, 0.2) is 27.8 Å². The van der Waals surface area contributed by atoms with E-state index in [4.69, 9.17) is 4.42 Å². The predicted octanol–water partition coefficient (Wildman–Crippen LogP) is 1.63. The van der Waals surface area contributed by atoms with E-state index in [0.29, 0.717) is 32.1 Å². The summed E-state index contributed by atoms with van der Waals surface area (Å²) in [6.07, 6.45) is 6.16. The highest BCUT2D eigenvalue weighted by Crippen LogP contribution is 2.24. The quantitative estimate of drug-likeness (QED) is 0.320. The Morgan fingerprint density at radius 3 is 2.61 bits per heavy atom. The number of piperidine rings is 1. The fraction of sp³-hybridized carbons (Fsp3) is 0.722. The summed E-state index contributed by atoms with van der Waals surface area (Å²) in [6.45, 7) is 4.46. The number of hydrogen-bond acceptors (Lipinski definition) is 5. The first-order valence-electron chi connectivity index (χ1n) is 9.80. The number of guanidine groups is 1. The van der Waals surface area contributed by atoms with E-state index in [9.17, 15) is 8.42 Å². The van der Waals surface area contributed by atoms with E-state index in [2.05, 4.69) is 20.5 Å². The van der Waals surface area contributed by atoms with E-state index in [1.807, 2.05) is 12.1 Å². The third kappa shape index (κ3) is 6.33. The minimum absolute atomic E-state index is 0. The van der Waals surface area contributed by atoms with Crippen molar-refractivity contribution in [3.8, 4) is 0 Å². The molecule has 0 bridgehead atoms.